The van der Waals surface area contributed by atoms with Gasteiger partial charge in [-0.05, 0) is 57.6 Å². The van der Waals surface area contributed by atoms with Crippen molar-refractivity contribution in [2.45, 2.75) is 25.2 Å². The third-order valence-electron chi connectivity index (χ3n) is 4.82. The molecule has 1 N–H and O–H groups in total. The van der Waals surface area contributed by atoms with E-state index in [0.29, 0.717) is 23.9 Å². The molecule has 0 unspecified atom stereocenters. The van der Waals surface area contributed by atoms with Gasteiger partial charge in [-0.25, -0.2) is 4.68 Å². The highest BCUT2D eigenvalue weighted by Gasteiger charge is 2.12. The van der Waals surface area contributed by atoms with Gasteiger partial charge in [-0.3, -0.25) is 0 Å². The quantitative estimate of drug-likeness (QED) is 0.259. The lowest BCUT2D eigenvalue weighted by Crippen LogP contribution is -2.17. The van der Waals surface area contributed by atoms with Gasteiger partial charge in [0.25, 0.3) is 0 Å². The molecule has 0 aliphatic carbocycles. The average Bonchev–Trinajstić information content (AvgIpc) is 3.47. The van der Waals surface area contributed by atoms with Gasteiger partial charge in [0, 0.05) is 25.9 Å². The third kappa shape index (κ3) is 5.84. The number of hydrogen-bond donors (Lipinski definition) is 1. The number of aryl methyl sites for hydroxylation is 2. The Hall–Kier alpha value is -3.51. The lowest BCUT2D eigenvalue weighted by atomic mass is 10.2. The van der Waals surface area contributed by atoms with Crippen molar-refractivity contribution in [3.63, 3.8) is 0 Å². The SMILES string of the molecule is COc1cc(CNCCSc2nnnn2C)ccc1OCc1nnnn1-c1ccc(C)cc1. The molecule has 0 aliphatic rings. The minimum absolute atomic E-state index is 0.211. The van der Waals surface area contributed by atoms with Crippen molar-refractivity contribution in [1.82, 2.24) is 45.7 Å². The Labute approximate surface area is 195 Å². The molecule has 0 spiro atoms. The van der Waals surface area contributed by atoms with Gasteiger partial charge in [-0.15, -0.1) is 10.2 Å². The number of aromatic nitrogens is 8. The minimum Gasteiger partial charge on any atom is -0.493 e. The predicted octanol–water partition coefficient (Wildman–Crippen LogP) is 1.96. The molecule has 0 aliphatic heterocycles. The first kappa shape index (κ1) is 22.7. The van der Waals surface area contributed by atoms with Gasteiger partial charge in [-0.1, -0.05) is 35.5 Å². The fourth-order valence-electron chi connectivity index (χ4n) is 3.06. The van der Waals surface area contributed by atoms with E-state index in [0.717, 1.165) is 28.7 Å². The summed E-state index contributed by atoms with van der Waals surface area (Å²) in [6.07, 6.45) is 0. The molecule has 0 saturated carbocycles. The van der Waals surface area contributed by atoms with Crippen LogP contribution in [-0.4, -0.2) is 59.8 Å². The number of nitrogens with one attached hydrogen (secondary N) is 1. The second-order valence-corrected chi connectivity index (χ2v) is 8.29. The van der Waals surface area contributed by atoms with Gasteiger partial charge in [0.2, 0.25) is 5.16 Å². The Morgan fingerprint density at radius 2 is 1.82 bits per heavy atom. The Kier molecular flexibility index (Phi) is 7.47. The fourth-order valence-corrected chi connectivity index (χ4v) is 3.80. The van der Waals surface area contributed by atoms with E-state index in [1.54, 1.807) is 28.2 Å². The van der Waals surface area contributed by atoms with Crippen LogP contribution in [0.25, 0.3) is 5.69 Å². The van der Waals surface area contributed by atoms with E-state index in [9.17, 15) is 0 Å². The number of methoxy groups -OCH3 is 1. The molecular formula is C21H25N9O2S. The maximum atomic E-state index is 5.98. The van der Waals surface area contributed by atoms with Crippen LogP contribution in [0.5, 0.6) is 11.5 Å². The van der Waals surface area contributed by atoms with E-state index >= 15 is 0 Å². The van der Waals surface area contributed by atoms with E-state index in [1.807, 2.05) is 56.4 Å². The summed E-state index contributed by atoms with van der Waals surface area (Å²) in [5.74, 6) is 2.75. The number of hydrogen-bond acceptors (Lipinski definition) is 10. The summed E-state index contributed by atoms with van der Waals surface area (Å²) in [6.45, 7) is 3.78. The predicted molar refractivity (Wildman–Crippen MR) is 122 cm³/mol. The van der Waals surface area contributed by atoms with Crippen molar-refractivity contribution in [2.75, 3.05) is 19.4 Å². The molecule has 2 aromatic carbocycles. The molecule has 2 heterocycles. The summed E-state index contributed by atoms with van der Waals surface area (Å²) < 4.78 is 14.8. The summed E-state index contributed by atoms with van der Waals surface area (Å²) in [5, 5.41) is 27.6. The number of ether oxygens (including phenoxy) is 2. The minimum atomic E-state index is 0.211. The largest absolute Gasteiger partial charge is 0.493 e. The van der Waals surface area contributed by atoms with Gasteiger partial charge in [0.15, 0.2) is 23.9 Å². The molecular weight excluding hydrogens is 442 g/mol. The molecule has 4 aromatic rings. The molecule has 12 heteroatoms. The first-order valence-electron chi connectivity index (χ1n) is 10.3. The van der Waals surface area contributed by atoms with Crippen molar-refractivity contribution in [3.05, 3.63) is 59.4 Å². The van der Waals surface area contributed by atoms with Gasteiger partial charge in [-0.2, -0.15) is 4.68 Å². The van der Waals surface area contributed by atoms with Crippen molar-refractivity contribution in [2.24, 2.45) is 7.05 Å². The molecule has 2 aromatic heterocycles. The first-order chi connectivity index (χ1) is 16.1. The lowest BCUT2D eigenvalue weighted by molar-refractivity contribution is 0.273. The van der Waals surface area contributed by atoms with Crippen molar-refractivity contribution >= 4 is 11.8 Å². The molecule has 0 saturated heterocycles. The molecule has 172 valence electrons. The smallest absolute Gasteiger partial charge is 0.209 e. The number of benzene rings is 2. The van der Waals surface area contributed by atoms with E-state index in [-0.39, 0.29) is 6.61 Å². The average molecular weight is 468 g/mol. The summed E-state index contributed by atoms with van der Waals surface area (Å²) in [7, 11) is 3.45. The normalized spacial score (nSPS) is 11.0. The Balaban J connectivity index is 1.31. The van der Waals surface area contributed by atoms with Crippen molar-refractivity contribution < 1.29 is 9.47 Å². The molecule has 0 bridgehead atoms. The highest BCUT2D eigenvalue weighted by Crippen LogP contribution is 2.29. The van der Waals surface area contributed by atoms with E-state index < -0.39 is 0 Å². The summed E-state index contributed by atoms with van der Waals surface area (Å²) in [5.41, 5.74) is 3.14. The molecule has 4 rings (SSSR count). The van der Waals surface area contributed by atoms with Crippen LogP contribution in [0.15, 0.2) is 47.6 Å². The third-order valence-corrected chi connectivity index (χ3v) is 5.83. The van der Waals surface area contributed by atoms with Gasteiger partial charge in [0.1, 0.15) is 0 Å². The first-order valence-corrected chi connectivity index (χ1v) is 11.3. The van der Waals surface area contributed by atoms with Gasteiger partial charge < -0.3 is 14.8 Å². The zero-order valence-corrected chi connectivity index (χ0v) is 19.5. The summed E-state index contributed by atoms with van der Waals surface area (Å²) >= 11 is 1.61. The van der Waals surface area contributed by atoms with Crippen LogP contribution in [0, 0.1) is 6.92 Å². The van der Waals surface area contributed by atoms with Crippen LogP contribution in [0.1, 0.15) is 17.0 Å². The van der Waals surface area contributed by atoms with Crippen LogP contribution in [-0.2, 0) is 20.2 Å². The molecule has 33 heavy (non-hydrogen) atoms. The number of thioether (sulfide) groups is 1. The van der Waals surface area contributed by atoms with E-state index in [1.165, 1.54) is 5.56 Å². The van der Waals surface area contributed by atoms with Crippen LogP contribution in [0.2, 0.25) is 0 Å². The molecule has 11 nitrogen and oxygen atoms in total. The number of tetrazole rings is 2. The van der Waals surface area contributed by atoms with Crippen LogP contribution in [0.4, 0.5) is 0 Å². The van der Waals surface area contributed by atoms with Crippen LogP contribution in [0.3, 0.4) is 0 Å². The van der Waals surface area contributed by atoms with Gasteiger partial charge in [0.05, 0.1) is 12.8 Å². The van der Waals surface area contributed by atoms with Crippen molar-refractivity contribution in [1.29, 1.82) is 0 Å². The van der Waals surface area contributed by atoms with E-state index in [4.69, 9.17) is 9.47 Å². The summed E-state index contributed by atoms with van der Waals surface area (Å²) in [6, 6.07) is 13.8. The Morgan fingerprint density at radius 1 is 1.00 bits per heavy atom. The second kappa shape index (κ2) is 10.9. The Morgan fingerprint density at radius 3 is 2.58 bits per heavy atom. The topological polar surface area (TPSA) is 118 Å². The zero-order chi connectivity index (χ0) is 23.0. The zero-order valence-electron chi connectivity index (χ0n) is 18.7. The van der Waals surface area contributed by atoms with Gasteiger partial charge >= 0.3 is 0 Å². The molecule has 0 radical (unpaired) electrons. The van der Waals surface area contributed by atoms with Crippen LogP contribution >= 0.6 is 11.8 Å². The maximum absolute atomic E-state index is 5.98. The molecule has 0 amide bonds. The monoisotopic (exact) mass is 467 g/mol. The molecule has 0 atom stereocenters. The number of nitrogens with zero attached hydrogens (tertiary/aromatic N) is 8. The van der Waals surface area contributed by atoms with Crippen LogP contribution < -0.4 is 14.8 Å². The Bertz CT molecular complexity index is 1180. The van der Waals surface area contributed by atoms with E-state index in [2.05, 4.69) is 36.4 Å². The van der Waals surface area contributed by atoms with Crippen molar-refractivity contribution in [3.8, 4) is 17.2 Å². The second-order valence-electron chi connectivity index (χ2n) is 7.23. The molecule has 0 fully saturated rings. The standard InChI is InChI=1S/C21H25N9O2S/c1-15-4-7-17(8-5-15)30-20(23-25-28-30)14-32-18-9-6-16(12-19(18)31-3)13-22-10-11-33-21-24-26-27-29(21)2/h4-9,12,22H,10-11,13-14H2,1-3H3. The maximum Gasteiger partial charge on any atom is 0.209 e. The fraction of sp³-hybridized carbons (Fsp3) is 0.333. The number of rotatable bonds is 11. The lowest BCUT2D eigenvalue weighted by Gasteiger charge is -2.13. The highest BCUT2D eigenvalue weighted by molar-refractivity contribution is 7.99. The summed E-state index contributed by atoms with van der Waals surface area (Å²) in [4.78, 5) is 0. The highest BCUT2D eigenvalue weighted by atomic mass is 32.2.